The van der Waals surface area contributed by atoms with Crippen molar-refractivity contribution < 1.29 is 14.3 Å². The van der Waals surface area contributed by atoms with Crippen molar-refractivity contribution in [3.8, 4) is 5.75 Å². The number of aromatic nitrogens is 1. The molecule has 2 N–H and O–H groups in total. The van der Waals surface area contributed by atoms with Crippen molar-refractivity contribution in [2.45, 2.75) is 6.54 Å². The van der Waals surface area contributed by atoms with Crippen molar-refractivity contribution in [2.75, 3.05) is 13.7 Å². The fourth-order valence-electron chi connectivity index (χ4n) is 2.08. The van der Waals surface area contributed by atoms with Gasteiger partial charge in [-0.2, -0.15) is 0 Å². The second-order valence-electron chi connectivity index (χ2n) is 4.92. The van der Waals surface area contributed by atoms with Crippen molar-refractivity contribution in [1.29, 1.82) is 0 Å². The Balaban J connectivity index is 2.04. The van der Waals surface area contributed by atoms with Gasteiger partial charge in [0.25, 0.3) is 11.8 Å². The molecule has 0 atom stereocenters. The zero-order valence-electron chi connectivity index (χ0n) is 13.4. The topological polar surface area (TPSA) is 80.3 Å². The molecule has 6 heteroatoms. The fraction of sp³-hybridized carbons (Fsp3) is 0.167. The van der Waals surface area contributed by atoms with E-state index in [-0.39, 0.29) is 17.5 Å². The standard InChI is InChI=1S/C18H19N3O3/c1-3-9-20-17(22)13-8-10-19-15(11-13)18(23)21-12-14-6-4-5-7-16(14)24-2/h3-8,10-11H,1,9,12H2,2H3,(H,20,22)(H,21,23). The van der Waals surface area contributed by atoms with Crippen molar-refractivity contribution in [3.63, 3.8) is 0 Å². The second-order valence-corrected chi connectivity index (χ2v) is 4.92. The van der Waals surface area contributed by atoms with Gasteiger partial charge in [-0.25, -0.2) is 0 Å². The smallest absolute Gasteiger partial charge is 0.270 e. The van der Waals surface area contributed by atoms with Crippen LogP contribution in [-0.4, -0.2) is 30.5 Å². The van der Waals surface area contributed by atoms with Gasteiger partial charge in [0.05, 0.1) is 7.11 Å². The molecule has 0 aliphatic heterocycles. The summed E-state index contributed by atoms with van der Waals surface area (Å²) in [5.41, 5.74) is 1.40. The molecule has 0 unspecified atom stereocenters. The first-order valence-corrected chi connectivity index (χ1v) is 7.41. The van der Waals surface area contributed by atoms with E-state index in [9.17, 15) is 9.59 Å². The maximum Gasteiger partial charge on any atom is 0.270 e. The number of para-hydroxylation sites is 1. The molecule has 0 fully saturated rings. The predicted molar refractivity (Wildman–Crippen MR) is 90.9 cm³/mol. The second kappa shape index (κ2) is 8.47. The number of amides is 2. The molecule has 124 valence electrons. The zero-order valence-corrected chi connectivity index (χ0v) is 13.4. The van der Waals surface area contributed by atoms with E-state index in [0.717, 1.165) is 5.56 Å². The minimum absolute atomic E-state index is 0.177. The molecule has 0 aliphatic rings. The van der Waals surface area contributed by atoms with Crippen LogP contribution in [0.4, 0.5) is 0 Å². The third-order valence-corrected chi connectivity index (χ3v) is 3.29. The number of benzene rings is 1. The molecule has 0 saturated carbocycles. The number of rotatable bonds is 7. The highest BCUT2D eigenvalue weighted by atomic mass is 16.5. The number of methoxy groups -OCH3 is 1. The summed E-state index contributed by atoms with van der Waals surface area (Å²) in [5.74, 6) is 0.0543. The number of hydrogen-bond acceptors (Lipinski definition) is 4. The molecular formula is C18H19N3O3. The van der Waals surface area contributed by atoms with E-state index in [1.54, 1.807) is 19.3 Å². The van der Waals surface area contributed by atoms with Gasteiger partial charge in [-0.1, -0.05) is 24.3 Å². The van der Waals surface area contributed by atoms with Gasteiger partial charge in [0.1, 0.15) is 11.4 Å². The van der Waals surface area contributed by atoms with Gasteiger partial charge >= 0.3 is 0 Å². The lowest BCUT2D eigenvalue weighted by molar-refractivity contribution is 0.0945. The Bertz CT molecular complexity index is 744. The van der Waals surface area contributed by atoms with Crippen molar-refractivity contribution in [3.05, 3.63) is 72.1 Å². The molecule has 0 saturated heterocycles. The summed E-state index contributed by atoms with van der Waals surface area (Å²) in [5, 5.41) is 5.42. The lowest BCUT2D eigenvalue weighted by Crippen LogP contribution is -2.26. The minimum Gasteiger partial charge on any atom is -0.496 e. The van der Waals surface area contributed by atoms with Gasteiger partial charge in [-0.05, 0) is 18.2 Å². The van der Waals surface area contributed by atoms with Crippen LogP contribution >= 0.6 is 0 Å². The monoisotopic (exact) mass is 325 g/mol. The first kappa shape index (κ1) is 17.2. The Hall–Kier alpha value is -3.15. The maximum absolute atomic E-state index is 12.2. The van der Waals surface area contributed by atoms with E-state index in [1.807, 2.05) is 24.3 Å². The first-order valence-electron chi connectivity index (χ1n) is 7.41. The molecule has 0 bridgehead atoms. The van der Waals surface area contributed by atoms with Crippen LogP contribution in [-0.2, 0) is 6.54 Å². The number of nitrogens with zero attached hydrogens (tertiary/aromatic N) is 1. The van der Waals surface area contributed by atoms with Gasteiger partial charge < -0.3 is 15.4 Å². The highest BCUT2D eigenvalue weighted by molar-refractivity contribution is 5.98. The molecule has 6 nitrogen and oxygen atoms in total. The normalized spacial score (nSPS) is 9.88. The summed E-state index contributed by atoms with van der Waals surface area (Å²) in [6, 6.07) is 10.4. The van der Waals surface area contributed by atoms with Gasteiger partial charge in [0.15, 0.2) is 0 Å². The lowest BCUT2D eigenvalue weighted by Gasteiger charge is -2.09. The van der Waals surface area contributed by atoms with E-state index in [1.165, 1.54) is 12.3 Å². The number of carbonyl (C=O) groups is 2. The van der Waals surface area contributed by atoms with Crippen LogP contribution in [0.25, 0.3) is 0 Å². The average molecular weight is 325 g/mol. The summed E-state index contributed by atoms with van der Waals surface area (Å²) >= 11 is 0. The summed E-state index contributed by atoms with van der Waals surface area (Å²) in [4.78, 5) is 28.2. The zero-order chi connectivity index (χ0) is 17.4. The highest BCUT2D eigenvalue weighted by Gasteiger charge is 2.12. The van der Waals surface area contributed by atoms with Crippen LogP contribution < -0.4 is 15.4 Å². The summed E-state index contributed by atoms with van der Waals surface area (Å²) < 4.78 is 5.24. The third kappa shape index (κ3) is 4.42. The van der Waals surface area contributed by atoms with Crippen LogP contribution in [0.2, 0.25) is 0 Å². The van der Waals surface area contributed by atoms with Crippen LogP contribution in [0.3, 0.4) is 0 Å². The maximum atomic E-state index is 12.2. The Morgan fingerprint density at radius 2 is 2.00 bits per heavy atom. The van der Waals surface area contributed by atoms with Crippen molar-refractivity contribution in [2.24, 2.45) is 0 Å². The molecular weight excluding hydrogens is 306 g/mol. The summed E-state index contributed by atoms with van der Waals surface area (Å²) in [7, 11) is 1.58. The minimum atomic E-state index is -0.362. The van der Waals surface area contributed by atoms with E-state index in [0.29, 0.717) is 24.4 Å². The summed E-state index contributed by atoms with van der Waals surface area (Å²) in [6.07, 6.45) is 3.01. The number of pyridine rings is 1. The fourth-order valence-corrected chi connectivity index (χ4v) is 2.08. The predicted octanol–water partition coefficient (Wildman–Crippen LogP) is 1.94. The molecule has 1 heterocycles. The molecule has 2 aromatic rings. The molecule has 2 amide bonds. The number of ether oxygens (including phenoxy) is 1. The average Bonchev–Trinajstić information content (AvgIpc) is 2.64. The Morgan fingerprint density at radius 3 is 2.75 bits per heavy atom. The molecule has 24 heavy (non-hydrogen) atoms. The first-order chi connectivity index (χ1) is 11.7. The van der Waals surface area contributed by atoms with Crippen LogP contribution in [0.5, 0.6) is 5.75 Å². The number of carbonyl (C=O) groups excluding carboxylic acids is 2. The highest BCUT2D eigenvalue weighted by Crippen LogP contribution is 2.16. The molecule has 1 aromatic heterocycles. The molecule has 0 radical (unpaired) electrons. The quantitative estimate of drug-likeness (QED) is 0.762. The molecule has 1 aromatic carbocycles. The Morgan fingerprint density at radius 1 is 1.21 bits per heavy atom. The number of nitrogens with one attached hydrogen (secondary N) is 2. The van der Waals surface area contributed by atoms with E-state index >= 15 is 0 Å². The van der Waals surface area contributed by atoms with Gasteiger partial charge in [-0.3, -0.25) is 14.6 Å². The van der Waals surface area contributed by atoms with Crippen LogP contribution in [0.15, 0.2) is 55.3 Å². The van der Waals surface area contributed by atoms with E-state index in [2.05, 4.69) is 22.2 Å². The largest absolute Gasteiger partial charge is 0.496 e. The van der Waals surface area contributed by atoms with Crippen molar-refractivity contribution in [1.82, 2.24) is 15.6 Å². The van der Waals surface area contributed by atoms with Gasteiger partial charge in [-0.15, -0.1) is 6.58 Å². The molecule has 0 aliphatic carbocycles. The summed E-state index contributed by atoms with van der Waals surface area (Å²) in [6.45, 7) is 4.20. The SMILES string of the molecule is C=CCNC(=O)c1ccnc(C(=O)NCc2ccccc2OC)c1. The Labute approximate surface area is 140 Å². The van der Waals surface area contributed by atoms with E-state index in [4.69, 9.17) is 4.74 Å². The van der Waals surface area contributed by atoms with Crippen molar-refractivity contribution >= 4 is 11.8 Å². The number of hydrogen-bond donors (Lipinski definition) is 2. The van der Waals surface area contributed by atoms with Crippen LogP contribution in [0.1, 0.15) is 26.4 Å². The van der Waals surface area contributed by atoms with E-state index < -0.39 is 0 Å². The lowest BCUT2D eigenvalue weighted by atomic mass is 10.2. The third-order valence-electron chi connectivity index (χ3n) is 3.29. The molecule has 2 rings (SSSR count). The molecule has 0 spiro atoms. The van der Waals surface area contributed by atoms with Gasteiger partial charge in [0.2, 0.25) is 0 Å². The van der Waals surface area contributed by atoms with Gasteiger partial charge in [0, 0.05) is 30.4 Å². The van der Waals surface area contributed by atoms with Crippen LogP contribution in [0, 0.1) is 0 Å². The Kier molecular flexibility index (Phi) is 6.08.